The van der Waals surface area contributed by atoms with Gasteiger partial charge in [0.1, 0.15) is 12.1 Å². The predicted molar refractivity (Wildman–Crippen MR) is 96.1 cm³/mol. The first-order valence-corrected chi connectivity index (χ1v) is 8.65. The maximum absolute atomic E-state index is 12.1. The lowest BCUT2D eigenvalue weighted by Crippen LogP contribution is -2.31. The van der Waals surface area contributed by atoms with Crippen molar-refractivity contribution in [3.05, 3.63) is 42.2 Å². The summed E-state index contributed by atoms with van der Waals surface area (Å²) in [7, 11) is 0. The topological polar surface area (TPSA) is 58.1 Å². The molecule has 24 heavy (non-hydrogen) atoms. The lowest BCUT2D eigenvalue weighted by atomic mass is 10.1. The van der Waals surface area contributed by atoms with E-state index in [1.807, 2.05) is 37.3 Å². The molecule has 126 valence electrons. The Bertz CT molecular complexity index is 693. The Hall–Kier alpha value is -2.43. The summed E-state index contributed by atoms with van der Waals surface area (Å²) in [6, 6.07) is 9.81. The van der Waals surface area contributed by atoms with Crippen molar-refractivity contribution < 1.29 is 4.79 Å². The first kappa shape index (κ1) is 16.4. The van der Waals surface area contributed by atoms with Gasteiger partial charge in [0.15, 0.2) is 0 Å². The number of aromatic nitrogens is 2. The van der Waals surface area contributed by atoms with Crippen LogP contribution in [0.1, 0.15) is 43.5 Å². The number of hydrogen-bond acceptors (Lipinski definition) is 4. The van der Waals surface area contributed by atoms with Crippen molar-refractivity contribution in [1.29, 1.82) is 0 Å². The second kappa shape index (κ2) is 7.43. The van der Waals surface area contributed by atoms with Crippen molar-refractivity contribution in [3.8, 4) is 11.3 Å². The monoisotopic (exact) mass is 324 g/mol. The van der Waals surface area contributed by atoms with Gasteiger partial charge in [-0.1, -0.05) is 19.1 Å². The van der Waals surface area contributed by atoms with Crippen LogP contribution in [0.15, 0.2) is 36.7 Å². The molecule has 1 N–H and O–H groups in total. The molecule has 0 bridgehead atoms. The molecular formula is C19H24N4O. The van der Waals surface area contributed by atoms with Crippen LogP contribution in [0.3, 0.4) is 0 Å². The lowest BCUT2D eigenvalue weighted by molar-refractivity contribution is 0.0939. The molecule has 3 rings (SSSR count). The largest absolute Gasteiger partial charge is 0.357 e. The molecule has 1 fully saturated rings. The van der Waals surface area contributed by atoms with Crippen molar-refractivity contribution in [3.63, 3.8) is 0 Å². The number of benzene rings is 1. The molecule has 1 aliphatic rings. The fourth-order valence-electron chi connectivity index (χ4n) is 2.83. The third kappa shape index (κ3) is 3.72. The highest BCUT2D eigenvalue weighted by Crippen LogP contribution is 2.23. The van der Waals surface area contributed by atoms with Crippen LogP contribution >= 0.6 is 0 Å². The minimum Gasteiger partial charge on any atom is -0.357 e. The third-order valence-electron chi connectivity index (χ3n) is 4.52. The SMILES string of the molecule is CCC(C)NC(=O)c1ccc(-c2cc(N3CCCC3)ncn2)cc1. The molecule has 1 amide bonds. The summed E-state index contributed by atoms with van der Waals surface area (Å²) >= 11 is 0. The summed E-state index contributed by atoms with van der Waals surface area (Å²) in [5.74, 6) is 0.951. The minimum absolute atomic E-state index is 0.0312. The molecule has 1 unspecified atom stereocenters. The molecule has 1 aromatic heterocycles. The maximum atomic E-state index is 12.1. The van der Waals surface area contributed by atoms with E-state index in [9.17, 15) is 4.79 Å². The van der Waals surface area contributed by atoms with Gasteiger partial charge in [0.05, 0.1) is 5.69 Å². The molecule has 1 saturated heterocycles. The quantitative estimate of drug-likeness (QED) is 0.917. The zero-order valence-corrected chi connectivity index (χ0v) is 14.3. The lowest BCUT2D eigenvalue weighted by Gasteiger charge is -2.16. The Labute approximate surface area is 143 Å². The molecule has 0 radical (unpaired) electrons. The predicted octanol–water partition coefficient (Wildman–Crippen LogP) is 3.27. The van der Waals surface area contributed by atoms with E-state index in [2.05, 4.69) is 27.1 Å². The van der Waals surface area contributed by atoms with E-state index >= 15 is 0 Å². The van der Waals surface area contributed by atoms with E-state index in [0.717, 1.165) is 36.6 Å². The second-order valence-electron chi connectivity index (χ2n) is 6.32. The molecule has 0 saturated carbocycles. The maximum Gasteiger partial charge on any atom is 0.251 e. The normalized spacial score (nSPS) is 15.3. The van der Waals surface area contributed by atoms with Crippen molar-refractivity contribution in [2.45, 2.75) is 39.2 Å². The highest BCUT2D eigenvalue weighted by molar-refractivity contribution is 5.94. The van der Waals surface area contributed by atoms with Crippen molar-refractivity contribution in [2.24, 2.45) is 0 Å². The number of hydrogen-bond donors (Lipinski definition) is 1. The number of nitrogens with zero attached hydrogens (tertiary/aromatic N) is 3. The number of nitrogens with one attached hydrogen (secondary N) is 1. The molecule has 2 heterocycles. The summed E-state index contributed by atoms with van der Waals surface area (Å²) in [4.78, 5) is 23.2. The van der Waals surface area contributed by atoms with Gasteiger partial charge in [0.2, 0.25) is 0 Å². The zero-order chi connectivity index (χ0) is 16.9. The van der Waals surface area contributed by atoms with E-state index in [1.165, 1.54) is 12.8 Å². The van der Waals surface area contributed by atoms with E-state index < -0.39 is 0 Å². The summed E-state index contributed by atoms with van der Waals surface area (Å²) < 4.78 is 0. The van der Waals surface area contributed by atoms with Gasteiger partial charge in [-0.15, -0.1) is 0 Å². The van der Waals surface area contributed by atoms with E-state index in [0.29, 0.717) is 5.56 Å². The molecule has 5 nitrogen and oxygen atoms in total. The Morgan fingerprint density at radius 2 is 1.92 bits per heavy atom. The Morgan fingerprint density at radius 1 is 1.21 bits per heavy atom. The fourth-order valence-corrected chi connectivity index (χ4v) is 2.83. The number of anilines is 1. The van der Waals surface area contributed by atoms with Crippen LogP contribution in [0.5, 0.6) is 0 Å². The summed E-state index contributed by atoms with van der Waals surface area (Å²) in [5.41, 5.74) is 2.56. The Balaban J connectivity index is 1.76. The van der Waals surface area contributed by atoms with E-state index in [1.54, 1.807) is 6.33 Å². The van der Waals surface area contributed by atoms with Crippen molar-refractivity contribution in [2.75, 3.05) is 18.0 Å². The van der Waals surface area contributed by atoms with Gasteiger partial charge in [-0.3, -0.25) is 4.79 Å². The van der Waals surface area contributed by atoms with Crippen LogP contribution in [0.4, 0.5) is 5.82 Å². The van der Waals surface area contributed by atoms with Gasteiger partial charge in [-0.2, -0.15) is 0 Å². The first-order valence-electron chi connectivity index (χ1n) is 8.65. The van der Waals surface area contributed by atoms with Crippen LogP contribution in [0.25, 0.3) is 11.3 Å². The van der Waals surface area contributed by atoms with E-state index in [-0.39, 0.29) is 11.9 Å². The highest BCUT2D eigenvalue weighted by Gasteiger charge is 2.15. The first-order chi connectivity index (χ1) is 11.7. The number of carbonyl (C=O) groups is 1. The average Bonchev–Trinajstić information content (AvgIpc) is 3.16. The van der Waals surface area contributed by atoms with Crippen molar-refractivity contribution in [1.82, 2.24) is 15.3 Å². The molecule has 0 aliphatic carbocycles. The minimum atomic E-state index is -0.0312. The van der Waals surface area contributed by atoms with Crippen LogP contribution in [0, 0.1) is 0 Å². The van der Waals surface area contributed by atoms with Gasteiger partial charge in [-0.05, 0) is 38.3 Å². The average molecular weight is 324 g/mol. The summed E-state index contributed by atoms with van der Waals surface area (Å²) in [6.45, 7) is 6.19. The van der Waals surface area contributed by atoms with Crippen LogP contribution < -0.4 is 10.2 Å². The zero-order valence-electron chi connectivity index (χ0n) is 14.3. The molecule has 1 atom stereocenters. The van der Waals surface area contributed by atoms with Crippen LogP contribution in [-0.4, -0.2) is 35.0 Å². The summed E-state index contributed by atoms with van der Waals surface area (Å²) in [6.07, 6.45) is 4.98. The van der Waals surface area contributed by atoms with Crippen LogP contribution in [0.2, 0.25) is 0 Å². The van der Waals surface area contributed by atoms with Gasteiger partial charge in [0, 0.05) is 36.3 Å². The van der Waals surface area contributed by atoms with Gasteiger partial charge in [-0.25, -0.2) is 9.97 Å². The highest BCUT2D eigenvalue weighted by atomic mass is 16.1. The second-order valence-corrected chi connectivity index (χ2v) is 6.32. The number of rotatable bonds is 5. The van der Waals surface area contributed by atoms with E-state index in [4.69, 9.17) is 0 Å². The molecular weight excluding hydrogens is 300 g/mol. The number of amides is 1. The van der Waals surface area contributed by atoms with Crippen LogP contribution in [-0.2, 0) is 0 Å². The molecule has 1 aliphatic heterocycles. The standard InChI is InChI=1S/C19H24N4O/c1-3-14(2)22-19(24)16-8-6-15(7-9-16)17-12-18(21-13-20-17)23-10-4-5-11-23/h6-9,12-14H,3-5,10-11H2,1-2H3,(H,22,24). The molecule has 0 spiro atoms. The Morgan fingerprint density at radius 3 is 2.58 bits per heavy atom. The number of carbonyl (C=O) groups excluding carboxylic acids is 1. The summed E-state index contributed by atoms with van der Waals surface area (Å²) in [5, 5.41) is 2.98. The van der Waals surface area contributed by atoms with Gasteiger partial charge in [0.25, 0.3) is 5.91 Å². The third-order valence-corrected chi connectivity index (χ3v) is 4.52. The van der Waals surface area contributed by atoms with Gasteiger partial charge < -0.3 is 10.2 Å². The van der Waals surface area contributed by atoms with Gasteiger partial charge >= 0.3 is 0 Å². The molecule has 2 aromatic rings. The fraction of sp³-hybridized carbons (Fsp3) is 0.421. The van der Waals surface area contributed by atoms with Crippen molar-refractivity contribution >= 4 is 11.7 Å². The molecule has 1 aromatic carbocycles. The molecule has 5 heteroatoms. The Kier molecular flexibility index (Phi) is 5.08. The smallest absolute Gasteiger partial charge is 0.251 e.